The molecule has 47 heavy (non-hydrogen) atoms. The molecule has 0 spiro atoms. The van der Waals surface area contributed by atoms with Crippen LogP contribution in [0.15, 0.2) is 36.4 Å². The third-order valence-corrected chi connectivity index (χ3v) is 7.64. The van der Waals surface area contributed by atoms with E-state index < -0.39 is 47.8 Å². The number of hydrogen-bond donors (Lipinski definition) is 5. The van der Waals surface area contributed by atoms with E-state index in [0.717, 1.165) is 51.0 Å². The SMILES string of the molecule is CCC#CCOc1ccc(C[C@H](NC(=O)[C@@H](/C=C/CCCCCCC(=O)CCCCCCC)[C@@](O)(CC(=O)O)C(=O)O)C(=O)O)cc1. The van der Waals surface area contributed by atoms with Crippen LogP contribution in [0.2, 0.25) is 0 Å². The van der Waals surface area contributed by atoms with Crippen LogP contribution in [0.4, 0.5) is 0 Å². The molecule has 0 heterocycles. The lowest BCUT2D eigenvalue weighted by molar-refractivity contribution is -0.172. The van der Waals surface area contributed by atoms with Crippen LogP contribution in [-0.2, 0) is 30.4 Å². The Hall–Kier alpha value is -4.17. The number of unbranched alkanes of at least 4 members (excludes halogenated alkanes) is 8. The quantitative estimate of drug-likeness (QED) is 0.0523. The van der Waals surface area contributed by atoms with Crippen molar-refractivity contribution in [3.8, 4) is 17.6 Å². The van der Waals surface area contributed by atoms with Gasteiger partial charge in [0.25, 0.3) is 0 Å². The predicted octanol–water partition coefficient (Wildman–Crippen LogP) is 5.32. The number of aliphatic hydroxyl groups is 1. The van der Waals surface area contributed by atoms with Crippen LogP contribution in [0.25, 0.3) is 0 Å². The van der Waals surface area contributed by atoms with Crippen molar-refractivity contribution in [1.82, 2.24) is 5.32 Å². The molecule has 1 rings (SSSR count). The Morgan fingerprint density at radius 1 is 0.872 bits per heavy atom. The number of aliphatic carboxylic acids is 3. The lowest BCUT2D eigenvalue weighted by atomic mass is 9.82. The minimum atomic E-state index is -3.02. The van der Waals surface area contributed by atoms with Gasteiger partial charge in [0.1, 0.15) is 24.2 Å². The lowest BCUT2D eigenvalue weighted by Crippen LogP contribution is -2.55. The summed E-state index contributed by atoms with van der Waals surface area (Å²) in [7, 11) is 0. The molecule has 0 saturated heterocycles. The summed E-state index contributed by atoms with van der Waals surface area (Å²) in [6, 6.07) is 4.98. The maximum absolute atomic E-state index is 13.3. The average Bonchev–Trinajstić information content (AvgIpc) is 3.02. The molecule has 1 amide bonds. The number of allylic oxidation sites excluding steroid dienone is 1. The minimum Gasteiger partial charge on any atom is -0.481 e. The highest BCUT2D eigenvalue weighted by Gasteiger charge is 2.49. The van der Waals surface area contributed by atoms with Gasteiger partial charge in [-0.05, 0) is 43.4 Å². The van der Waals surface area contributed by atoms with Gasteiger partial charge in [-0.3, -0.25) is 14.4 Å². The second-order valence-electron chi connectivity index (χ2n) is 11.6. The van der Waals surface area contributed by atoms with Crippen molar-refractivity contribution in [3.63, 3.8) is 0 Å². The molecule has 0 fully saturated rings. The topological polar surface area (TPSA) is 188 Å². The fraction of sp³-hybridized carbons (Fsp3) is 0.583. The van der Waals surface area contributed by atoms with Gasteiger partial charge >= 0.3 is 17.9 Å². The molecular weight excluding hydrogens is 606 g/mol. The molecule has 11 nitrogen and oxygen atoms in total. The Kier molecular flexibility index (Phi) is 20.2. The van der Waals surface area contributed by atoms with Crippen molar-refractivity contribution in [2.75, 3.05) is 6.61 Å². The summed E-state index contributed by atoms with van der Waals surface area (Å²) >= 11 is 0. The molecule has 0 radical (unpaired) electrons. The Morgan fingerprint density at radius 2 is 1.49 bits per heavy atom. The second-order valence-corrected chi connectivity index (χ2v) is 11.6. The van der Waals surface area contributed by atoms with Gasteiger partial charge in [-0.25, -0.2) is 9.59 Å². The molecule has 0 bridgehead atoms. The molecular formula is C36H51NO10. The summed E-state index contributed by atoms with van der Waals surface area (Å²) in [5, 5.41) is 42.0. The van der Waals surface area contributed by atoms with E-state index in [1.165, 1.54) is 12.5 Å². The van der Waals surface area contributed by atoms with Crippen molar-refractivity contribution in [3.05, 3.63) is 42.0 Å². The summed E-state index contributed by atoms with van der Waals surface area (Å²) in [5.74, 6) is -1.49. The maximum Gasteiger partial charge on any atom is 0.337 e. The Labute approximate surface area is 277 Å². The zero-order valence-corrected chi connectivity index (χ0v) is 27.7. The third-order valence-electron chi connectivity index (χ3n) is 7.64. The second kappa shape index (κ2) is 23.2. The van der Waals surface area contributed by atoms with Gasteiger partial charge in [-0.1, -0.05) is 82.6 Å². The summed E-state index contributed by atoms with van der Waals surface area (Å²) in [5.41, 5.74) is -2.49. The van der Waals surface area contributed by atoms with Gasteiger partial charge in [0.05, 0.1) is 12.3 Å². The van der Waals surface area contributed by atoms with Gasteiger partial charge in [-0.15, -0.1) is 5.92 Å². The van der Waals surface area contributed by atoms with Crippen LogP contribution in [0, 0.1) is 17.8 Å². The molecule has 5 N–H and O–H groups in total. The molecule has 11 heteroatoms. The number of rotatable bonds is 25. The molecule has 0 aromatic heterocycles. The van der Waals surface area contributed by atoms with Gasteiger partial charge in [0, 0.05) is 25.7 Å². The number of nitrogens with one attached hydrogen (secondary N) is 1. The monoisotopic (exact) mass is 657 g/mol. The highest BCUT2D eigenvalue weighted by atomic mass is 16.5. The summed E-state index contributed by atoms with van der Waals surface area (Å²) < 4.78 is 5.50. The van der Waals surface area contributed by atoms with E-state index in [1.807, 2.05) is 6.92 Å². The van der Waals surface area contributed by atoms with Gasteiger partial charge in [0.15, 0.2) is 5.60 Å². The maximum atomic E-state index is 13.3. The third kappa shape index (κ3) is 16.8. The van der Waals surface area contributed by atoms with E-state index in [4.69, 9.17) is 4.74 Å². The molecule has 0 aliphatic carbocycles. The van der Waals surface area contributed by atoms with Crippen molar-refractivity contribution >= 4 is 29.6 Å². The largest absolute Gasteiger partial charge is 0.481 e. The van der Waals surface area contributed by atoms with Crippen LogP contribution in [0.5, 0.6) is 5.75 Å². The number of Topliss-reactive ketones (excluding diaryl/α,β-unsaturated/α-hetero) is 1. The fourth-order valence-electron chi connectivity index (χ4n) is 4.95. The first kappa shape index (κ1) is 40.9. The van der Waals surface area contributed by atoms with Gasteiger partial charge in [0.2, 0.25) is 5.91 Å². The zero-order valence-electron chi connectivity index (χ0n) is 27.7. The van der Waals surface area contributed by atoms with Gasteiger partial charge in [-0.2, -0.15) is 0 Å². The van der Waals surface area contributed by atoms with Crippen molar-refractivity contribution < 1.29 is 49.1 Å². The number of carboxylic acids is 3. The molecule has 3 atom stereocenters. The molecule has 0 aliphatic rings. The zero-order chi connectivity index (χ0) is 35.1. The van der Waals surface area contributed by atoms with E-state index in [-0.39, 0.29) is 18.8 Å². The molecule has 1 aromatic carbocycles. The summed E-state index contributed by atoms with van der Waals surface area (Å²) in [6.07, 6.45) is 11.9. The molecule has 260 valence electrons. The number of carbonyl (C=O) groups is 5. The number of ketones is 1. The van der Waals surface area contributed by atoms with E-state index in [9.17, 15) is 44.4 Å². The Bertz CT molecular complexity index is 1230. The molecule has 0 saturated carbocycles. The van der Waals surface area contributed by atoms with E-state index >= 15 is 0 Å². The Morgan fingerprint density at radius 3 is 2.04 bits per heavy atom. The first-order valence-corrected chi connectivity index (χ1v) is 16.5. The summed E-state index contributed by atoms with van der Waals surface area (Å²) in [6.45, 7) is 4.26. The number of carboxylic acid groups (broad SMARTS) is 3. The van der Waals surface area contributed by atoms with Crippen molar-refractivity contribution in [1.29, 1.82) is 0 Å². The number of amides is 1. The van der Waals surface area contributed by atoms with Crippen molar-refractivity contribution in [2.24, 2.45) is 5.92 Å². The number of ether oxygens (including phenoxy) is 1. The highest BCUT2D eigenvalue weighted by molar-refractivity contribution is 5.94. The molecule has 0 unspecified atom stereocenters. The smallest absolute Gasteiger partial charge is 0.337 e. The lowest BCUT2D eigenvalue weighted by Gasteiger charge is -2.29. The van der Waals surface area contributed by atoms with Crippen LogP contribution >= 0.6 is 0 Å². The fourth-order valence-corrected chi connectivity index (χ4v) is 4.95. The Balaban J connectivity index is 2.83. The average molecular weight is 658 g/mol. The number of benzene rings is 1. The van der Waals surface area contributed by atoms with Crippen LogP contribution in [0.1, 0.15) is 109 Å². The normalized spacial score (nSPS) is 13.5. The van der Waals surface area contributed by atoms with Gasteiger partial charge < -0.3 is 30.5 Å². The number of carbonyl (C=O) groups excluding carboxylic acids is 2. The number of hydrogen-bond acceptors (Lipinski definition) is 7. The molecule has 1 aromatic rings. The minimum absolute atomic E-state index is 0.167. The standard InChI is InChI=1S/C36H51NO10/c1-3-5-7-10-13-17-28(38)18-14-11-8-9-12-15-19-30(36(46,35(44)45)26-32(39)40)33(41)37-31(34(42)43)25-27-20-22-29(23-21-27)47-24-16-6-4-2/h15,19-23,30-31,46H,3-5,7-14,17-18,24-26H2,1-2H3,(H,37,41)(H,39,40)(H,42,43)(H,44,45)/b19-15+/t30-,31+,36+/m1/s1. The van der Waals surface area contributed by atoms with E-state index in [0.29, 0.717) is 43.4 Å². The van der Waals surface area contributed by atoms with Crippen molar-refractivity contribution in [2.45, 2.75) is 122 Å². The van der Waals surface area contributed by atoms with Crippen LogP contribution in [0.3, 0.4) is 0 Å². The first-order chi connectivity index (χ1) is 22.4. The van der Waals surface area contributed by atoms with Crippen LogP contribution < -0.4 is 10.1 Å². The van der Waals surface area contributed by atoms with Crippen LogP contribution in [-0.4, -0.2) is 68.3 Å². The highest BCUT2D eigenvalue weighted by Crippen LogP contribution is 2.26. The molecule has 0 aliphatic heterocycles. The summed E-state index contributed by atoms with van der Waals surface area (Å²) in [4.78, 5) is 60.9. The van der Waals surface area contributed by atoms with E-state index in [1.54, 1.807) is 24.3 Å². The first-order valence-electron chi connectivity index (χ1n) is 16.5. The van der Waals surface area contributed by atoms with E-state index in [2.05, 4.69) is 24.1 Å². The predicted molar refractivity (Wildman–Crippen MR) is 177 cm³/mol.